The van der Waals surface area contributed by atoms with Gasteiger partial charge in [-0.25, -0.2) is 14.3 Å². The van der Waals surface area contributed by atoms with E-state index in [9.17, 15) is 9.59 Å². The van der Waals surface area contributed by atoms with E-state index in [4.69, 9.17) is 4.74 Å². The van der Waals surface area contributed by atoms with Crippen molar-refractivity contribution in [3.8, 4) is 11.4 Å². The molecule has 0 bridgehead atoms. The van der Waals surface area contributed by atoms with E-state index in [1.807, 2.05) is 47.9 Å². The van der Waals surface area contributed by atoms with Gasteiger partial charge in [0.25, 0.3) is 5.56 Å². The van der Waals surface area contributed by atoms with Crippen LogP contribution in [0, 0.1) is 0 Å². The summed E-state index contributed by atoms with van der Waals surface area (Å²) in [4.78, 5) is 31.1. The highest BCUT2D eigenvalue weighted by atomic mass is 16.5. The Morgan fingerprint density at radius 2 is 1.83 bits per heavy atom. The smallest absolute Gasteiger partial charge is 0.337 e. The predicted octanol–water partition coefficient (Wildman–Crippen LogP) is 2.82. The molecule has 0 radical (unpaired) electrons. The number of imidazole rings is 1. The molecule has 0 saturated heterocycles. The number of nitrogens with zero attached hydrogens (tertiary/aromatic N) is 4. The maximum absolute atomic E-state index is 13.4. The summed E-state index contributed by atoms with van der Waals surface area (Å²) in [6, 6.07) is 16.7. The van der Waals surface area contributed by atoms with Crippen LogP contribution in [0.3, 0.4) is 0 Å². The summed E-state index contributed by atoms with van der Waals surface area (Å²) in [5.41, 5.74) is 1.49. The Balaban J connectivity index is 2.03. The molecule has 0 aliphatic carbocycles. The summed E-state index contributed by atoms with van der Waals surface area (Å²) in [5, 5.41) is 0. The number of aromatic nitrogens is 4. The van der Waals surface area contributed by atoms with Crippen molar-refractivity contribution in [1.82, 2.24) is 18.7 Å². The molecule has 7 nitrogen and oxygen atoms in total. The van der Waals surface area contributed by atoms with Gasteiger partial charge in [0.2, 0.25) is 0 Å². The molecule has 7 heteroatoms. The summed E-state index contributed by atoms with van der Waals surface area (Å²) < 4.78 is 9.88. The van der Waals surface area contributed by atoms with Gasteiger partial charge >= 0.3 is 5.69 Å². The van der Waals surface area contributed by atoms with Crippen LogP contribution in [-0.2, 0) is 13.1 Å². The lowest BCUT2D eigenvalue weighted by atomic mass is 10.2. The lowest BCUT2D eigenvalue weighted by Crippen LogP contribution is -2.40. The molecule has 0 atom stereocenters. The number of hydrogen-bond donors (Lipinski definition) is 0. The van der Waals surface area contributed by atoms with E-state index in [1.54, 1.807) is 31.6 Å². The predicted molar refractivity (Wildman–Crippen MR) is 112 cm³/mol. The first kappa shape index (κ1) is 18.7. The Labute approximate surface area is 167 Å². The molecule has 0 amide bonds. The van der Waals surface area contributed by atoms with Gasteiger partial charge in [0.05, 0.1) is 25.7 Å². The molecule has 0 fully saturated rings. The molecule has 0 aliphatic heterocycles. The lowest BCUT2D eigenvalue weighted by Gasteiger charge is -2.13. The minimum absolute atomic E-state index is 0.190. The van der Waals surface area contributed by atoms with Crippen molar-refractivity contribution >= 4 is 11.2 Å². The second-order valence-corrected chi connectivity index (χ2v) is 6.81. The van der Waals surface area contributed by atoms with Crippen LogP contribution in [0.4, 0.5) is 0 Å². The van der Waals surface area contributed by atoms with E-state index >= 15 is 0 Å². The number of hydrogen-bond acceptors (Lipinski definition) is 4. The number of benzene rings is 2. The summed E-state index contributed by atoms with van der Waals surface area (Å²) in [6.07, 6.45) is 2.47. The molecule has 4 rings (SSSR count). The van der Waals surface area contributed by atoms with E-state index in [-0.39, 0.29) is 12.1 Å². The van der Waals surface area contributed by atoms with Crippen LogP contribution in [-0.4, -0.2) is 25.8 Å². The van der Waals surface area contributed by atoms with Gasteiger partial charge in [-0.2, -0.15) is 0 Å². The third kappa shape index (κ3) is 3.35. The summed E-state index contributed by atoms with van der Waals surface area (Å²) in [7, 11) is 1.57. The zero-order valence-electron chi connectivity index (χ0n) is 16.4. The fourth-order valence-corrected chi connectivity index (χ4v) is 3.48. The monoisotopic (exact) mass is 390 g/mol. The van der Waals surface area contributed by atoms with Crippen molar-refractivity contribution in [3.05, 3.63) is 87.3 Å². The highest BCUT2D eigenvalue weighted by molar-refractivity contribution is 5.72. The minimum atomic E-state index is -0.429. The molecule has 0 spiro atoms. The van der Waals surface area contributed by atoms with Gasteiger partial charge in [0.1, 0.15) is 5.75 Å². The first-order chi connectivity index (χ1) is 14.1. The van der Waals surface area contributed by atoms with Crippen molar-refractivity contribution in [2.45, 2.75) is 26.4 Å². The van der Waals surface area contributed by atoms with Gasteiger partial charge in [-0.3, -0.25) is 9.36 Å². The van der Waals surface area contributed by atoms with E-state index in [2.05, 4.69) is 4.98 Å². The maximum Gasteiger partial charge on any atom is 0.337 e. The van der Waals surface area contributed by atoms with Crippen molar-refractivity contribution < 1.29 is 4.74 Å². The second-order valence-electron chi connectivity index (χ2n) is 6.81. The molecule has 29 heavy (non-hydrogen) atoms. The van der Waals surface area contributed by atoms with Crippen molar-refractivity contribution in [1.29, 1.82) is 0 Å². The number of methoxy groups -OCH3 is 1. The van der Waals surface area contributed by atoms with Gasteiger partial charge in [0, 0.05) is 12.6 Å². The fraction of sp³-hybridized carbons (Fsp3) is 0.227. The van der Waals surface area contributed by atoms with Gasteiger partial charge < -0.3 is 9.30 Å². The average molecular weight is 390 g/mol. The van der Waals surface area contributed by atoms with Crippen LogP contribution < -0.4 is 16.0 Å². The molecule has 0 unspecified atom stereocenters. The fourth-order valence-electron chi connectivity index (χ4n) is 3.48. The molecule has 0 aliphatic rings. The quantitative estimate of drug-likeness (QED) is 0.508. The molecular formula is C22H22N4O3. The third-order valence-electron chi connectivity index (χ3n) is 4.86. The number of fused-ring (bicyclic) bond motifs is 1. The van der Waals surface area contributed by atoms with Gasteiger partial charge in [-0.1, -0.05) is 43.3 Å². The Morgan fingerprint density at radius 1 is 1.03 bits per heavy atom. The van der Waals surface area contributed by atoms with Gasteiger partial charge in [0.15, 0.2) is 11.2 Å². The molecule has 2 aromatic heterocycles. The SMILES string of the molecule is CCCn1cnc2c1c(=O)n(Cc1ccccc1)c(=O)n2-c1cccc(OC)c1. The molecule has 0 N–H and O–H groups in total. The number of ether oxygens (including phenoxy) is 1. The standard InChI is InChI=1S/C22H22N4O3/c1-3-12-24-15-23-20-19(24)21(27)25(14-16-8-5-4-6-9-16)22(28)26(20)17-10-7-11-18(13-17)29-2/h4-11,13,15H,3,12,14H2,1-2H3. The highest BCUT2D eigenvalue weighted by Gasteiger charge is 2.19. The topological polar surface area (TPSA) is 71.0 Å². The van der Waals surface area contributed by atoms with Crippen molar-refractivity contribution in [2.24, 2.45) is 0 Å². The second kappa shape index (κ2) is 7.79. The largest absolute Gasteiger partial charge is 0.497 e. The zero-order chi connectivity index (χ0) is 20.4. The third-order valence-corrected chi connectivity index (χ3v) is 4.86. The minimum Gasteiger partial charge on any atom is -0.497 e. The van der Waals surface area contributed by atoms with E-state index in [0.717, 1.165) is 12.0 Å². The molecular weight excluding hydrogens is 368 g/mol. The van der Waals surface area contributed by atoms with E-state index < -0.39 is 5.69 Å². The molecule has 2 heterocycles. The summed E-state index contributed by atoms with van der Waals surface area (Å²) in [5.74, 6) is 0.622. The lowest BCUT2D eigenvalue weighted by molar-refractivity contribution is 0.414. The van der Waals surface area contributed by atoms with Crippen LogP contribution in [0.25, 0.3) is 16.9 Å². The van der Waals surface area contributed by atoms with E-state index in [0.29, 0.717) is 29.1 Å². The molecule has 0 saturated carbocycles. The van der Waals surface area contributed by atoms with Crippen LogP contribution >= 0.6 is 0 Å². The number of aryl methyl sites for hydroxylation is 1. The van der Waals surface area contributed by atoms with Crippen LogP contribution in [0.15, 0.2) is 70.5 Å². The molecule has 2 aromatic carbocycles. The Kier molecular flexibility index (Phi) is 5.03. The normalized spacial score (nSPS) is 11.1. The Morgan fingerprint density at radius 3 is 2.55 bits per heavy atom. The van der Waals surface area contributed by atoms with Gasteiger partial charge in [-0.05, 0) is 24.1 Å². The highest BCUT2D eigenvalue weighted by Crippen LogP contribution is 2.18. The van der Waals surface area contributed by atoms with Crippen molar-refractivity contribution in [2.75, 3.05) is 7.11 Å². The van der Waals surface area contributed by atoms with Crippen LogP contribution in [0.2, 0.25) is 0 Å². The van der Waals surface area contributed by atoms with E-state index in [1.165, 1.54) is 9.13 Å². The maximum atomic E-state index is 13.4. The Bertz CT molecular complexity index is 1270. The Hall–Kier alpha value is -3.61. The molecule has 148 valence electrons. The summed E-state index contributed by atoms with van der Waals surface area (Å²) in [6.45, 7) is 2.87. The first-order valence-electron chi connectivity index (χ1n) is 9.53. The average Bonchev–Trinajstić information content (AvgIpc) is 3.16. The first-order valence-corrected chi connectivity index (χ1v) is 9.53. The zero-order valence-corrected chi connectivity index (χ0v) is 16.4. The van der Waals surface area contributed by atoms with Crippen molar-refractivity contribution in [3.63, 3.8) is 0 Å². The molecule has 4 aromatic rings. The van der Waals surface area contributed by atoms with Crippen LogP contribution in [0.1, 0.15) is 18.9 Å². The summed E-state index contributed by atoms with van der Waals surface area (Å²) >= 11 is 0. The van der Waals surface area contributed by atoms with Crippen LogP contribution in [0.5, 0.6) is 5.75 Å². The number of rotatable bonds is 6. The van der Waals surface area contributed by atoms with Gasteiger partial charge in [-0.15, -0.1) is 0 Å².